The number of aromatic hydroxyl groups is 1. The number of fused-ring (bicyclic) bond motifs is 1. The fourth-order valence-corrected chi connectivity index (χ4v) is 3.43. The van der Waals surface area contributed by atoms with Crippen molar-refractivity contribution in [2.45, 2.75) is 34.2 Å². The smallest absolute Gasteiger partial charge is 0.211 e. The van der Waals surface area contributed by atoms with E-state index in [1.54, 1.807) is 25.1 Å². The van der Waals surface area contributed by atoms with Crippen molar-refractivity contribution in [1.29, 1.82) is 0 Å². The van der Waals surface area contributed by atoms with Gasteiger partial charge in [0.25, 0.3) is 0 Å². The summed E-state index contributed by atoms with van der Waals surface area (Å²) < 4.78 is 0. The number of hydrogen-bond acceptors (Lipinski definition) is 6. The Bertz CT molecular complexity index is 982. The number of nitrogens with zero attached hydrogens (tertiary/aromatic N) is 2. The van der Waals surface area contributed by atoms with Crippen LogP contribution in [0.4, 0.5) is 5.69 Å². The highest BCUT2D eigenvalue weighted by atomic mass is 35.5. The molecule has 0 aliphatic heterocycles. The van der Waals surface area contributed by atoms with Gasteiger partial charge in [-0.2, -0.15) is 0 Å². The number of benzene rings is 1. The minimum Gasteiger partial charge on any atom is -0.508 e. The van der Waals surface area contributed by atoms with Gasteiger partial charge in [0.05, 0.1) is 11.3 Å². The van der Waals surface area contributed by atoms with Crippen LogP contribution >= 0.6 is 12.4 Å². The predicted octanol–water partition coefficient (Wildman–Crippen LogP) is 4.04. The summed E-state index contributed by atoms with van der Waals surface area (Å²) >= 11 is 0. The molecule has 0 amide bonds. The summed E-state index contributed by atoms with van der Waals surface area (Å²) in [5, 5.41) is 13.2. The molecule has 3 rings (SSSR count). The molecule has 1 aromatic carbocycles. The lowest BCUT2D eigenvalue weighted by Gasteiger charge is -2.21. The van der Waals surface area contributed by atoms with Gasteiger partial charge in [-0.05, 0) is 56.8 Å². The number of carbonyl (C=O) groups excluding carboxylic acids is 2. The molecule has 154 valence electrons. The number of hydrogen-bond donors (Lipinski definition) is 2. The molecular formula is C22H26ClN3O3. The Balaban J connectivity index is 0.00000300. The number of Topliss-reactive ketones (excluding diaryl/α,β-unsaturated/α-hetero) is 1. The Morgan fingerprint density at radius 3 is 2.45 bits per heavy atom. The Morgan fingerprint density at radius 2 is 1.79 bits per heavy atom. The highest BCUT2D eigenvalue weighted by Gasteiger charge is 2.29. The van der Waals surface area contributed by atoms with Crippen LogP contribution < -0.4 is 5.32 Å². The molecule has 0 unspecified atom stereocenters. The summed E-state index contributed by atoms with van der Waals surface area (Å²) in [6.45, 7) is 10.1. The minimum atomic E-state index is -0.286. The molecule has 29 heavy (non-hydrogen) atoms. The van der Waals surface area contributed by atoms with Crippen molar-refractivity contribution in [1.82, 2.24) is 9.88 Å². The average molecular weight is 416 g/mol. The van der Waals surface area contributed by atoms with Crippen LogP contribution in [-0.2, 0) is 6.54 Å². The normalized spacial score (nSPS) is 13.1. The van der Waals surface area contributed by atoms with Crippen LogP contribution in [0.5, 0.6) is 5.75 Å². The van der Waals surface area contributed by atoms with Gasteiger partial charge in [-0.1, -0.05) is 13.8 Å². The predicted molar refractivity (Wildman–Crippen MR) is 116 cm³/mol. The number of halogens is 1. The van der Waals surface area contributed by atoms with E-state index in [2.05, 4.69) is 29.0 Å². The lowest BCUT2D eigenvalue weighted by atomic mass is 9.92. The van der Waals surface area contributed by atoms with Gasteiger partial charge in [-0.15, -0.1) is 12.4 Å². The first kappa shape index (κ1) is 22.6. The molecule has 0 radical (unpaired) electrons. The molecule has 1 aromatic heterocycles. The van der Waals surface area contributed by atoms with E-state index in [0.717, 1.165) is 24.2 Å². The number of rotatable bonds is 6. The quantitative estimate of drug-likeness (QED) is 0.693. The molecule has 2 aromatic rings. The standard InChI is InChI=1S/C22H25N3O3.ClH/c1-5-25(6-2)12-15-10-16(7-8-18(15)26)24-17-11-19(27)21-20(22(17)28)13(3)9-14(4)23-21;/h7-11,24,26H,5-6,12H2,1-4H3;1H. The van der Waals surface area contributed by atoms with Gasteiger partial charge >= 0.3 is 0 Å². The maximum absolute atomic E-state index is 12.9. The first-order chi connectivity index (χ1) is 13.3. The number of pyridine rings is 1. The number of phenols is 1. The highest BCUT2D eigenvalue weighted by molar-refractivity contribution is 6.25. The van der Waals surface area contributed by atoms with Crippen molar-refractivity contribution >= 4 is 29.7 Å². The second kappa shape index (κ2) is 9.20. The van der Waals surface area contributed by atoms with Crippen molar-refractivity contribution in [3.8, 4) is 5.75 Å². The fraction of sp³-hybridized carbons (Fsp3) is 0.318. The Labute approximate surface area is 177 Å². The number of allylic oxidation sites excluding steroid dienone is 2. The first-order valence-corrected chi connectivity index (χ1v) is 9.44. The summed E-state index contributed by atoms with van der Waals surface area (Å²) in [5.74, 6) is -0.331. The SMILES string of the molecule is CCN(CC)Cc1cc(NC2=CC(=O)c3nc(C)cc(C)c3C2=O)ccc1O.Cl. The van der Waals surface area contributed by atoms with Gasteiger partial charge in [-0.3, -0.25) is 14.5 Å². The third-order valence-corrected chi connectivity index (χ3v) is 4.97. The van der Waals surface area contributed by atoms with Crippen molar-refractivity contribution < 1.29 is 14.7 Å². The molecule has 0 saturated carbocycles. The van der Waals surface area contributed by atoms with Crippen LogP contribution in [0.3, 0.4) is 0 Å². The maximum atomic E-state index is 12.9. The topological polar surface area (TPSA) is 82.5 Å². The second-order valence-corrected chi connectivity index (χ2v) is 6.99. The summed E-state index contributed by atoms with van der Waals surface area (Å²) in [5.41, 5.74) is 3.63. The monoisotopic (exact) mass is 415 g/mol. The van der Waals surface area contributed by atoms with E-state index in [-0.39, 0.29) is 41.1 Å². The van der Waals surface area contributed by atoms with E-state index in [9.17, 15) is 14.7 Å². The third kappa shape index (κ3) is 4.66. The minimum absolute atomic E-state index is 0. The zero-order valence-electron chi connectivity index (χ0n) is 17.1. The number of carbonyl (C=O) groups is 2. The molecule has 1 aliphatic rings. The molecule has 7 heteroatoms. The number of nitrogens with one attached hydrogen (secondary N) is 1. The summed E-state index contributed by atoms with van der Waals surface area (Å²) in [6, 6.07) is 6.90. The average Bonchev–Trinajstić information content (AvgIpc) is 2.65. The fourth-order valence-electron chi connectivity index (χ4n) is 3.43. The van der Waals surface area contributed by atoms with Gasteiger partial charge in [0.2, 0.25) is 11.6 Å². The molecule has 1 aliphatic carbocycles. The number of aryl methyl sites for hydroxylation is 2. The van der Waals surface area contributed by atoms with Gasteiger partial charge in [-0.25, -0.2) is 4.98 Å². The first-order valence-electron chi connectivity index (χ1n) is 9.44. The van der Waals surface area contributed by atoms with E-state index in [4.69, 9.17) is 0 Å². The summed E-state index contributed by atoms with van der Waals surface area (Å²) in [7, 11) is 0. The van der Waals surface area contributed by atoms with Crippen LogP contribution in [0.25, 0.3) is 0 Å². The van der Waals surface area contributed by atoms with Crippen LogP contribution in [0.2, 0.25) is 0 Å². The lowest BCUT2D eigenvalue weighted by Crippen LogP contribution is -2.24. The van der Waals surface area contributed by atoms with E-state index < -0.39 is 0 Å². The van der Waals surface area contributed by atoms with E-state index in [0.29, 0.717) is 23.5 Å². The molecule has 0 atom stereocenters. The maximum Gasteiger partial charge on any atom is 0.211 e. The van der Waals surface area contributed by atoms with Crippen LogP contribution in [-0.4, -0.2) is 39.6 Å². The molecule has 0 fully saturated rings. The van der Waals surface area contributed by atoms with Crippen molar-refractivity contribution in [3.05, 3.63) is 64.1 Å². The molecular weight excluding hydrogens is 390 g/mol. The lowest BCUT2D eigenvalue weighted by molar-refractivity contribution is 0.0981. The van der Waals surface area contributed by atoms with E-state index in [1.807, 2.05) is 13.0 Å². The largest absolute Gasteiger partial charge is 0.508 e. The van der Waals surface area contributed by atoms with E-state index in [1.165, 1.54) is 6.08 Å². The zero-order valence-corrected chi connectivity index (χ0v) is 17.9. The van der Waals surface area contributed by atoms with Crippen molar-refractivity contribution in [2.75, 3.05) is 18.4 Å². The van der Waals surface area contributed by atoms with Crippen LogP contribution in [0.1, 0.15) is 51.5 Å². The van der Waals surface area contributed by atoms with Crippen LogP contribution in [0, 0.1) is 13.8 Å². The number of aromatic nitrogens is 1. The second-order valence-electron chi connectivity index (χ2n) is 6.99. The Morgan fingerprint density at radius 1 is 1.10 bits per heavy atom. The Hall–Kier alpha value is -2.70. The summed E-state index contributed by atoms with van der Waals surface area (Å²) in [4.78, 5) is 31.9. The molecule has 0 bridgehead atoms. The summed E-state index contributed by atoms with van der Waals surface area (Å²) in [6.07, 6.45) is 1.30. The molecule has 6 nitrogen and oxygen atoms in total. The third-order valence-electron chi connectivity index (χ3n) is 4.97. The number of ketones is 2. The van der Waals surface area contributed by atoms with E-state index >= 15 is 0 Å². The van der Waals surface area contributed by atoms with Gasteiger partial charge < -0.3 is 10.4 Å². The van der Waals surface area contributed by atoms with Gasteiger partial charge in [0, 0.05) is 29.6 Å². The molecule has 0 spiro atoms. The Kier molecular flexibility index (Phi) is 7.16. The molecule has 0 saturated heterocycles. The number of phenolic OH excluding ortho intramolecular Hbond substituents is 1. The molecule has 2 N–H and O–H groups in total. The zero-order chi connectivity index (χ0) is 20.4. The molecule has 1 heterocycles. The van der Waals surface area contributed by atoms with Gasteiger partial charge in [0.1, 0.15) is 11.4 Å². The van der Waals surface area contributed by atoms with Crippen molar-refractivity contribution in [3.63, 3.8) is 0 Å². The highest BCUT2D eigenvalue weighted by Crippen LogP contribution is 2.27. The van der Waals surface area contributed by atoms with Crippen molar-refractivity contribution in [2.24, 2.45) is 0 Å². The van der Waals surface area contributed by atoms with Gasteiger partial charge in [0.15, 0.2) is 0 Å². The van der Waals surface area contributed by atoms with Crippen LogP contribution in [0.15, 0.2) is 36.0 Å². The number of anilines is 1.